The number of fused-ring (bicyclic) bond motifs is 1. The lowest BCUT2D eigenvalue weighted by molar-refractivity contribution is 0.199. The molecule has 2 aliphatic heterocycles. The van der Waals surface area contributed by atoms with Crippen LogP contribution in [0.3, 0.4) is 0 Å². The van der Waals surface area contributed by atoms with Gasteiger partial charge in [0.05, 0.1) is 27.4 Å². The van der Waals surface area contributed by atoms with Crippen molar-refractivity contribution in [2.75, 3.05) is 41.0 Å². The smallest absolute Gasteiger partial charge is 0.493 e. The van der Waals surface area contributed by atoms with Crippen LogP contribution in [0.2, 0.25) is 0 Å². The molecule has 2 heterocycles. The first-order valence-electron chi connectivity index (χ1n) is 9.22. The maximum absolute atomic E-state index is 12.4. The number of rotatable bonds is 5. The molecule has 0 bridgehead atoms. The SMILES string of the molecule is COc1ccc(C23CCC(OP4(=O)OCCO4)=CC2N(C)CC3)cc1OC. The van der Waals surface area contributed by atoms with E-state index in [9.17, 15) is 4.57 Å². The highest BCUT2D eigenvalue weighted by atomic mass is 31.2. The Morgan fingerprint density at radius 1 is 1.15 bits per heavy atom. The lowest BCUT2D eigenvalue weighted by atomic mass is 9.68. The second-order valence-electron chi connectivity index (χ2n) is 7.24. The number of methoxy groups -OCH3 is 2. The van der Waals surface area contributed by atoms with Gasteiger partial charge in [-0.2, -0.15) is 0 Å². The molecule has 0 amide bonds. The fourth-order valence-electron chi connectivity index (χ4n) is 4.46. The van der Waals surface area contributed by atoms with Crippen molar-refractivity contribution in [1.29, 1.82) is 0 Å². The number of hydrogen-bond acceptors (Lipinski definition) is 7. The van der Waals surface area contributed by atoms with Crippen molar-refractivity contribution >= 4 is 7.82 Å². The van der Waals surface area contributed by atoms with E-state index in [1.54, 1.807) is 14.2 Å². The van der Waals surface area contributed by atoms with Crippen LogP contribution in [0.25, 0.3) is 0 Å². The summed E-state index contributed by atoms with van der Waals surface area (Å²) in [4.78, 5) is 2.31. The minimum absolute atomic E-state index is 0.0347. The van der Waals surface area contributed by atoms with E-state index < -0.39 is 7.82 Å². The number of phosphoric ester groups is 1. The summed E-state index contributed by atoms with van der Waals surface area (Å²) >= 11 is 0. The molecule has 8 heteroatoms. The highest BCUT2D eigenvalue weighted by Gasteiger charge is 2.49. The van der Waals surface area contributed by atoms with Crippen molar-refractivity contribution in [2.24, 2.45) is 0 Å². The van der Waals surface area contributed by atoms with E-state index in [0.717, 1.165) is 30.9 Å². The number of ether oxygens (including phenoxy) is 2. The molecule has 27 heavy (non-hydrogen) atoms. The normalized spacial score (nSPS) is 29.9. The van der Waals surface area contributed by atoms with Crippen LogP contribution in [-0.2, 0) is 23.6 Å². The summed E-state index contributed by atoms with van der Waals surface area (Å²) in [7, 11) is 1.97. The minimum atomic E-state index is -3.44. The Kier molecular flexibility index (Phi) is 4.97. The van der Waals surface area contributed by atoms with Gasteiger partial charge in [-0.25, -0.2) is 4.57 Å². The van der Waals surface area contributed by atoms with Gasteiger partial charge in [-0.1, -0.05) is 6.07 Å². The summed E-state index contributed by atoms with van der Waals surface area (Å²) in [6.07, 6.45) is 4.70. The van der Waals surface area contributed by atoms with Crippen LogP contribution in [0.15, 0.2) is 30.0 Å². The number of likely N-dealkylation sites (tertiary alicyclic amines) is 1. The van der Waals surface area contributed by atoms with Crippen LogP contribution in [-0.4, -0.2) is 52.0 Å². The Bertz CT molecular complexity index is 786. The van der Waals surface area contributed by atoms with Gasteiger partial charge in [0, 0.05) is 17.9 Å². The van der Waals surface area contributed by atoms with Gasteiger partial charge in [-0.15, -0.1) is 0 Å². The maximum Gasteiger partial charge on any atom is 0.529 e. The van der Waals surface area contributed by atoms with Crippen molar-refractivity contribution in [2.45, 2.75) is 30.7 Å². The predicted molar refractivity (Wildman–Crippen MR) is 100 cm³/mol. The molecule has 0 radical (unpaired) electrons. The third-order valence-electron chi connectivity index (χ3n) is 5.88. The van der Waals surface area contributed by atoms with E-state index in [-0.39, 0.29) is 11.5 Å². The summed E-state index contributed by atoms with van der Waals surface area (Å²) in [5, 5.41) is 0. The van der Waals surface area contributed by atoms with Crippen molar-refractivity contribution < 1.29 is 27.6 Å². The van der Waals surface area contributed by atoms with Crippen molar-refractivity contribution in [3.8, 4) is 11.5 Å². The Balaban J connectivity index is 1.66. The Morgan fingerprint density at radius 2 is 1.89 bits per heavy atom. The molecule has 7 nitrogen and oxygen atoms in total. The van der Waals surface area contributed by atoms with Crippen LogP contribution in [0, 0.1) is 0 Å². The zero-order valence-electron chi connectivity index (χ0n) is 16.0. The fraction of sp³-hybridized carbons (Fsp3) is 0.579. The monoisotopic (exact) mass is 395 g/mol. The van der Waals surface area contributed by atoms with Gasteiger partial charge in [0.15, 0.2) is 11.5 Å². The third-order valence-corrected chi connectivity index (χ3v) is 7.34. The molecule has 4 rings (SSSR count). The van der Waals surface area contributed by atoms with E-state index in [2.05, 4.69) is 30.2 Å². The number of phosphoric acid groups is 1. The molecule has 0 saturated carbocycles. The van der Waals surface area contributed by atoms with E-state index in [1.807, 2.05) is 6.07 Å². The molecule has 1 aromatic carbocycles. The van der Waals surface area contributed by atoms with Gasteiger partial charge in [-0.05, 0) is 50.2 Å². The summed E-state index contributed by atoms with van der Waals surface area (Å²) in [6.45, 7) is 1.60. The van der Waals surface area contributed by atoms with Crippen LogP contribution in [0.5, 0.6) is 11.5 Å². The standard InChI is InChI=1S/C19H26NO6P/c1-20-9-8-19(14-4-5-16(22-2)17(12-14)23-3)7-6-15(13-18(19)20)26-27(21)24-10-11-25-27/h4-5,12-13,18H,6-11H2,1-3H3. The molecule has 2 saturated heterocycles. The van der Waals surface area contributed by atoms with Gasteiger partial charge in [-0.3, -0.25) is 13.9 Å². The average molecular weight is 395 g/mol. The van der Waals surface area contributed by atoms with Crippen molar-refractivity contribution in [3.05, 3.63) is 35.6 Å². The second-order valence-corrected chi connectivity index (χ2v) is 8.83. The zero-order valence-corrected chi connectivity index (χ0v) is 16.9. The summed E-state index contributed by atoms with van der Waals surface area (Å²) in [6, 6.07) is 6.31. The molecule has 0 spiro atoms. The Morgan fingerprint density at radius 3 is 2.59 bits per heavy atom. The Labute approximate surface area is 159 Å². The molecule has 148 valence electrons. The first-order chi connectivity index (χ1) is 13.0. The van der Waals surface area contributed by atoms with E-state index in [0.29, 0.717) is 25.4 Å². The third kappa shape index (κ3) is 3.27. The van der Waals surface area contributed by atoms with E-state index in [4.69, 9.17) is 23.0 Å². The van der Waals surface area contributed by atoms with Crippen LogP contribution < -0.4 is 9.47 Å². The minimum Gasteiger partial charge on any atom is -0.493 e. The number of allylic oxidation sites excluding steroid dienone is 1. The van der Waals surface area contributed by atoms with Gasteiger partial charge in [0.2, 0.25) is 0 Å². The molecule has 2 fully saturated rings. The number of hydrogen-bond donors (Lipinski definition) is 0. The van der Waals surface area contributed by atoms with Crippen molar-refractivity contribution in [1.82, 2.24) is 4.90 Å². The zero-order chi connectivity index (χ0) is 19.1. The number of benzene rings is 1. The highest BCUT2D eigenvalue weighted by Crippen LogP contribution is 2.57. The molecule has 1 aliphatic carbocycles. The quantitative estimate of drug-likeness (QED) is 0.707. The lowest BCUT2D eigenvalue weighted by Crippen LogP contribution is -2.42. The first-order valence-corrected chi connectivity index (χ1v) is 10.7. The average Bonchev–Trinajstić information content (AvgIpc) is 3.26. The molecule has 2 atom stereocenters. The lowest BCUT2D eigenvalue weighted by Gasteiger charge is -2.40. The Hall–Kier alpha value is -1.53. The molecule has 0 N–H and O–H groups in total. The van der Waals surface area contributed by atoms with Gasteiger partial charge in [0.1, 0.15) is 5.76 Å². The van der Waals surface area contributed by atoms with Gasteiger partial charge >= 0.3 is 7.82 Å². The molecule has 2 unspecified atom stereocenters. The summed E-state index contributed by atoms with van der Waals surface area (Å²) in [5.41, 5.74) is 1.19. The molecule has 0 aromatic heterocycles. The first kappa shape index (κ1) is 18.8. The van der Waals surface area contributed by atoms with Crippen LogP contribution in [0.4, 0.5) is 0 Å². The van der Waals surface area contributed by atoms with Crippen LogP contribution in [0.1, 0.15) is 24.8 Å². The number of likely N-dealkylation sites (N-methyl/N-ethyl adjacent to an activating group) is 1. The van der Waals surface area contributed by atoms with Crippen LogP contribution >= 0.6 is 7.82 Å². The van der Waals surface area contributed by atoms with Gasteiger partial charge < -0.3 is 14.0 Å². The molecular formula is C19H26NO6P. The van der Waals surface area contributed by atoms with Crippen molar-refractivity contribution in [3.63, 3.8) is 0 Å². The second kappa shape index (κ2) is 7.13. The van der Waals surface area contributed by atoms with Gasteiger partial charge in [0.25, 0.3) is 0 Å². The van der Waals surface area contributed by atoms with E-state index >= 15 is 0 Å². The maximum atomic E-state index is 12.4. The molecular weight excluding hydrogens is 369 g/mol. The summed E-state index contributed by atoms with van der Waals surface area (Å²) in [5.74, 6) is 2.15. The molecule has 1 aromatic rings. The number of nitrogens with zero attached hydrogens (tertiary/aromatic N) is 1. The topological polar surface area (TPSA) is 66.5 Å². The predicted octanol–water partition coefficient (Wildman–Crippen LogP) is 3.49. The summed E-state index contributed by atoms with van der Waals surface area (Å²) < 4.78 is 39.3. The highest BCUT2D eigenvalue weighted by molar-refractivity contribution is 7.48. The molecule has 3 aliphatic rings. The van der Waals surface area contributed by atoms with E-state index in [1.165, 1.54) is 5.56 Å². The fourth-order valence-corrected chi connectivity index (χ4v) is 5.68. The largest absolute Gasteiger partial charge is 0.529 e.